The molecule has 0 atom stereocenters. The lowest BCUT2D eigenvalue weighted by Crippen LogP contribution is -2.50. The first-order valence-corrected chi connectivity index (χ1v) is 8.24. The van der Waals surface area contributed by atoms with Gasteiger partial charge in [0.2, 0.25) is 5.91 Å². The van der Waals surface area contributed by atoms with Crippen molar-refractivity contribution in [2.24, 2.45) is 0 Å². The van der Waals surface area contributed by atoms with Gasteiger partial charge in [-0.15, -0.1) is 0 Å². The number of benzene rings is 1. The topological polar surface area (TPSA) is 85.2 Å². The molecule has 0 bridgehead atoms. The smallest absolute Gasteiger partial charge is 0.253 e. The zero-order valence-electron chi connectivity index (χ0n) is 14.3. The SMILES string of the molecule is CN(C)C(=O)c1cccc(NCC(=O)NC2(C#N)CCCCC2)c1. The van der Waals surface area contributed by atoms with Crippen molar-refractivity contribution in [3.8, 4) is 6.07 Å². The summed E-state index contributed by atoms with van der Waals surface area (Å²) < 4.78 is 0. The van der Waals surface area contributed by atoms with Crippen LogP contribution in [0.3, 0.4) is 0 Å². The molecule has 0 saturated heterocycles. The molecule has 0 heterocycles. The lowest BCUT2D eigenvalue weighted by molar-refractivity contribution is -0.121. The van der Waals surface area contributed by atoms with Crippen LogP contribution in [0.4, 0.5) is 5.69 Å². The average Bonchev–Trinajstić information content (AvgIpc) is 2.60. The minimum Gasteiger partial charge on any atom is -0.376 e. The van der Waals surface area contributed by atoms with Crippen LogP contribution in [0.2, 0.25) is 0 Å². The Bertz CT molecular complexity index is 643. The molecule has 1 aromatic rings. The molecular formula is C18H24N4O2. The summed E-state index contributed by atoms with van der Waals surface area (Å²) in [5.74, 6) is -0.295. The maximum absolute atomic E-state index is 12.2. The first-order valence-electron chi connectivity index (χ1n) is 8.24. The van der Waals surface area contributed by atoms with Crippen LogP contribution in [0, 0.1) is 11.3 Å². The summed E-state index contributed by atoms with van der Waals surface area (Å²) in [4.78, 5) is 25.6. The van der Waals surface area contributed by atoms with Gasteiger partial charge in [-0.25, -0.2) is 0 Å². The number of nitriles is 1. The van der Waals surface area contributed by atoms with Crippen molar-refractivity contribution in [3.05, 3.63) is 29.8 Å². The number of carbonyl (C=O) groups is 2. The normalized spacial score (nSPS) is 15.9. The first kappa shape index (κ1) is 17.8. The van der Waals surface area contributed by atoms with Crippen LogP contribution in [0.5, 0.6) is 0 Å². The van der Waals surface area contributed by atoms with Crippen molar-refractivity contribution in [2.75, 3.05) is 26.0 Å². The maximum atomic E-state index is 12.2. The Kier molecular flexibility index (Phi) is 5.80. The molecule has 0 aliphatic heterocycles. The molecular weight excluding hydrogens is 304 g/mol. The van der Waals surface area contributed by atoms with Gasteiger partial charge in [0.1, 0.15) is 5.54 Å². The molecule has 1 aliphatic carbocycles. The summed E-state index contributed by atoms with van der Waals surface area (Å²) in [7, 11) is 3.39. The Labute approximate surface area is 142 Å². The number of amides is 2. The van der Waals surface area contributed by atoms with Gasteiger partial charge in [0.05, 0.1) is 12.6 Å². The molecule has 1 saturated carbocycles. The summed E-state index contributed by atoms with van der Waals surface area (Å²) >= 11 is 0. The van der Waals surface area contributed by atoms with Crippen LogP contribution in [0.25, 0.3) is 0 Å². The molecule has 6 heteroatoms. The highest BCUT2D eigenvalue weighted by molar-refractivity contribution is 5.95. The van der Waals surface area contributed by atoms with E-state index in [0.717, 1.165) is 19.3 Å². The number of nitrogens with one attached hydrogen (secondary N) is 2. The molecule has 1 fully saturated rings. The quantitative estimate of drug-likeness (QED) is 0.867. The second-order valence-corrected chi connectivity index (χ2v) is 6.44. The Morgan fingerprint density at radius 1 is 1.25 bits per heavy atom. The largest absolute Gasteiger partial charge is 0.376 e. The third-order valence-electron chi connectivity index (χ3n) is 4.27. The van der Waals surface area contributed by atoms with E-state index < -0.39 is 5.54 Å². The van der Waals surface area contributed by atoms with E-state index in [0.29, 0.717) is 24.1 Å². The monoisotopic (exact) mass is 328 g/mol. The fourth-order valence-corrected chi connectivity index (χ4v) is 2.93. The van der Waals surface area contributed by atoms with Crippen molar-refractivity contribution in [3.63, 3.8) is 0 Å². The molecule has 128 valence electrons. The van der Waals surface area contributed by atoms with Gasteiger partial charge in [-0.1, -0.05) is 25.3 Å². The van der Waals surface area contributed by atoms with Gasteiger partial charge >= 0.3 is 0 Å². The van der Waals surface area contributed by atoms with Crippen molar-refractivity contribution in [2.45, 2.75) is 37.6 Å². The van der Waals surface area contributed by atoms with E-state index >= 15 is 0 Å². The van der Waals surface area contributed by atoms with Gasteiger partial charge in [-0.3, -0.25) is 9.59 Å². The van der Waals surface area contributed by atoms with Crippen molar-refractivity contribution >= 4 is 17.5 Å². The van der Waals surface area contributed by atoms with E-state index in [-0.39, 0.29) is 18.4 Å². The second kappa shape index (κ2) is 7.82. The van der Waals surface area contributed by atoms with E-state index in [9.17, 15) is 14.9 Å². The predicted octanol–water partition coefficient (Wildman–Crippen LogP) is 2.14. The summed E-state index contributed by atoms with van der Waals surface area (Å²) in [5, 5.41) is 15.3. The van der Waals surface area contributed by atoms with Crippen molar-refractivity contribution < 1.29 is 9.59 Å². The predicted molar refractivity (Wildman–Crippen MR) is 92.5 cm³/mol. The molecule has 0 unspecified atom stereocenters. The minimum absolute atomic E-state index is 0.0725. The third kappa shape index (κ3) is 4.48. The van der Waals surface area contributed by atoms with Gasteiger partial charge in [-0.2, -0.15) is 5.26 Å². The second-order valence-electron chi connectivity index (χ2n) is 6.44. The number of carbonyl (C=O) groups excluding carboxylic acids is 2. The molecule has 2 rings (SSSR count). The molecule has 2 amide bonds. The highest BCUT2D eigenvalue weighted by atomic mass is 16.2. The number of rotatable bonds is 5. The standard InChI is InChI=1S/C18H24N4O2/c1-22(2)17(24)14-7-6-8-15(11-14)20-12-16(23)21-18(13-19)9-4-3-5-10-18/h6-8,11,20H,3-5,9-10,12H2,1-2H3,(H,21,23). The van der Waals surface area contributed by atoms with E-state index in [2.05, 4.69) is 16.7 Å². The molecule has 6 nitrogen and oxygen atoms in total. The van der Waals surface area contributed by atoms with Crippen LogP contribution in [-0.2, 0) is 4.79 Å². The van der Waals surface area contributed by atoms with Gasteiger partial charge in [-0.05, 0) is 31.0 Å². The Morgan fingerprint density at radius 2 is 1.96 bits per heavy atom. The fourth-order valence-electron chi connectivity index (χ4n) is 2.93. The molecule has 1 aliphatic rings. The third-order valence-corrected chi connectivity index (χ3v) is 4.27. The Balaban J connectivity index is 1.93. The summed E-state index contributed by atoms with van der Waals surface area (Å²) in [6, 6.07) is 9.31. The van der Waals surface area contributed by atoms with Gasteiger partial charge < -0.3 is 15.5 Å². The molecule has 0 aromatic heterocycles. The average molecular weight is 328 g/mol. The Morgan fingerprint density at radius 3 is 2.58 bits per heavy atom. The fraction of sp³-hybridized carbons (Fsp3) is 0.500. The number of nitrogens with zero attached hydrogens (tertiary/aromatic N) is 2. The van der Waals surface area contributed by atoms with Gasteiger partial charge in [0.15, 0.2) is 0 Å². The van der Waals surface area contributed by atoms with Gasteiger partial charge in [0, 0.05) is 25.3 Å². The summed E-state index contributed by atoms with van der Waals surface area (Å²) in [6.45, 7) is 0.0725. The molecule has 1 aromatic carbocycles. The minimum atomic E-state index is -0.722. The van der Waals surface area contributed by atoms with E-state index in [1.807, 2.05) is 0 Å². The first-order chi connectivity index (χ1) is 11.5. The van der Waals surface area contributed by atoms with Crippen LogP contribution < -0.4 is 10.6 Å². The zero-order chi connectivity index (χ0) is 17.6. The van der Waals surface area contributed by atoms with Crippen LogP contribution in [-0.4, -0.2) is 42.9 Å². The van der Waals surface area contributed by atoms with E-state index in [4.69, 9.17) is 0 Å². The van der Waals surface area contributed by atoms with Crippen LogP contribution in [0.15, 0.2) is 24.3 Å². The van der Waals surface area contributed by atoms with E-state index in [1.54, 1.807) is 38.4 Å². The highest BCUT2D eigenvalue weighted by Crippen LogP contribution is 2.27. The lowest BCUT2D eigenvalue weighted by Gasteiger charge is -2.31. The molecule has 2 N–H and O–H groups in total. The van der Waals surface area contributed by atoms with Crippen molar-refractivity contribution in [1.29, 1.82) is 5.26 Å². The van der Waals surface area contributed by atoms with Crippen LogP contribution >= 0.6 is 0 Å². The van der Waals surface area contributed by atoms with Gasteiger partial charge in [0.25, 0.3) is 5.91 Å². The molecule has 0 radical (unpaired) electrons. The molecule has 24 heavy (non-hydrogen) atoms. The summed E-state index contributed by atoms with van der Waals surface area (Å²) in [5.41, 5.74) is 0.540. The maximum Gasteiger partial charge on any atom is 0.253 e. The highest BCUT2D eigenvalue weighted by Gasteiger charge is 2.33. The lowest BCUT2D eigenvalue weighted by atomic mass is 9.83. The number of anilines is 1. The van der Waals surface area contributed by atoms with E-state index in [1.165, 1.54) is 4.90 Å². The number of hydrogen-bond donors (Lipinski definition) is 2. The Hall–Kier alpha value is -2.55. The zero-order valence-corrected chi connectivity index (χ0v) is 14.3. The van der Waals surface area contributed by atoms with Crippen molar-refractivity contribution in [1.82, 2.24) is 10.2 Å². The summed E-state index contributed by atoms with van der Waals surface area (Å²) in [6.07, 6.45) is 4.47. The molecule has 0 spiro atoms. The van der Waals surface area contributed by atoms with Crippen LogP contribution in [0.1, 0.15) is 42.5 Å². The number of hydrogen-bond acceptors (Lipinski definition) is 4.